The van der Waals surface area contributed by atoms with E-state index in [-0.39, 0.29) is 6.10 Å². The summed E-state index contributed by atoms with van der Waals surface area (Å²) in [7, 11) is 0. The number of aliphatic hydroxyl groups is 1. The van der Waals surface area contributed by atoms with Crippen molar-refractivity contribution in [3.8, 4) is 0 Å². The third-order valence-corrected chi connectivity index (χ3v) is 7.82. The molecule has 4 rings (SSSR count). The van der Waals surface area contributed by atoms with Gasteiger partial charge in [0, 0.05) is 0 Å². The molecule has 3 aliphatic carbocycles. The summed E-state index contributed by atoms with van der Waals surface area (Å²) in [6.07, 6.45) is 9.79. The second kappa shape index (κ2) is 5.62. The van der Waals surface area contributed by atoms with Gasteiger partial charge >= 0.3 is 0 Å². The van der Waals surface area contributed by atoms with E-state index in [1.807, 2.05) is 0 Å². The van der Waals surface area contributed by atoms with Crippen molar-refractivity contribution in [2.75, 3.05) is 0 Å². The molecule has 1 N–H and O–H groups in total. The minimum absolute atomic E-state index is 0.0326. The van der Waals surface area contributed by atoms with E-state index in [2.05, 4.69) is 32.9 Å². The maximum absolute atomic E-state index is 10.1. The van der Waals surface area contributed by atoms with Crippen molar-refractivity contribution in [1.82, 2.24) is 0 Å². The molecule has 5 atom stereocenters. The van der Waals surface area contributed by atoms with Crippen molar-refractivity contribution < 1.29 is 5.11 Å². The standard InChI is InChI=1S/C22H32O/c1-4-17-14(2)5-7-19-18(17)9-10-21-20(19)8-6-15-13-16(23)11-12-22(15,21)3/h5,7,15-16,20-21,23H,4,6,8-13H2,1-3H3/t15-,16-,20-,21-,22+/m1/s1. The van der Waals surface area contributed by atoms with Crippen LogP contribution in [0.15, 0.2) is 12.1 Å². The Kier molecular flexibility index (Phi) is 3.83. The minimum Gasteiger partial charge on any atom is -0.393 e. The van der Waals surface area contributed by atoms with E-state index in [1.165, 1.54) is 44.1 Å². The number of fused-ring (bicyclic) bond motifs is 5. The molecule has 0 unspecified atom stereocenters. The SMILES string of the molecule is CCc1c(C)ccc2c1CC[C@@H]1[C@@H]2CC[C@@H]2C[C@H](O)CC[C@@]21C. The van der Waals surface area contributed by atoms with E-state index in [9.17, 15) is 5.11 Å². The molecular weight excluding hydrogens is 280 g/mol. The third-order valence-electron chi connectivity index (χ3n) is 7.82. The van der Waals surface area contributed by atoms with Crippen molar-refractivity contribution in [3.05, 3.63) is 34.4 Å². The summed E-state index contributed by atoms with van der Waals surface area (Å²) in [6, 6.07) is 4.83. The Morgan fingerprint density at radius 2 is 2.00 bits per heavy atom. The molecule has 1 aromatic rings. The fourth-order valence-corrected chi connectivity index (χ4v) is 6.54. The zero-order valence-corrected chi connectivity index (χ0v) is 15.1. The molecule has 0 bridgehead atoms. The average Bonchev–Trinajstić information content (AvgIpc) is 2.55. The second-order valence-corrected chi connectivity index (χ2v) is 8.74. The van der Waals surface area contributed by atoms with E-state index < -0.39 is 0 Å². The Morgan fingerprint density at radius 1 is 1.17 bits per heavy atom. The van der Waals surface area contributed by atoms with Crippen LogP contribution in [0.25, 0.3) is 0 Å². The normalized spacial score (nSPS) is 39.3. The van der Waals surface area contributed by atoms with Crippen LogP contribution in [0, 0.1) is 24.2 Å². The van der Waals surface area contributed by atoms with Crippen LogP contribution < -0.4 is 0 Å². The maximum Gasteiger partial charge on any atom is 0.0543 e. The average molecular weight is 312 g/mol. The van der Waals surface area contributed by atoms with Gasteiger partial charge in [-0.3, -0.25) is 0 Å². The molecule has 0 spiro atoms. The molecule has 0 heterocycles. The number of benzene rings is 1. The van der Waals surface area contributed by atoms with Crippen molar-refractivity contribution in [3.63, 3.8) is 0 Å². The first-order valence-electron chi connectivity index (χ1n) is 9.84. The maximum atomic E-state index is 10.1. The van der Waals surface area contributed by atoms with Gasteiger partial charge in [-0.25, -0.2) is 0 Å². The Hall–Kier alpha value is -0.820. The van der Waals surface area contributed by atoms with Crippen LogP contribution in [-0.2, 0) is 12.8 Å². The fraction of sp³-hybridized carbons (Fsp3) is 0.727. The van der Waals surface area contributed by atoms with Gasteiger partial charge in [0.15, 0.2) is 0 Å². The predicted octanol–water partition coefficient (Wildman–Crippen LogP) is 5.16. The Balaban J connectivity index is 1.72. The highest BCUT2D eigenvalue weighted by atomic mass is 16.3. The molecule has 1 aromatic carbocycles. The summed E-state index contributed by atoms with van der Waals surface area (Å²) in [4.78, 5) is 0. The van der Waals surface area contributed by atoms with E-state index in [0.29, 0.717) is 5.41 Å². The molecule has 0 amide bonds. The van der Waals surface area contributed by atoms with Crippen LogP contribution >= 0.6 is 0 Å². The molecule has 2 fully saturated rings. The van der Waals surface area contributed by atoms with Crippen LogP contribution in [0.1, 0.15) is 80.5 Å². The molecule has 2 saturated carbocycles. The number of rotatable bonds is 1. The van der Waals surface area contributed by atoms with Crippen molar-refractivity contribution >= 4 is 0 Å². The molecule has 126 valence electrons. The third kappa shape index (κ3) is 2.30. The molecule has 0 radical (unpaired) electrons. The van der Waals surface area contributed by atoms with Gasteiger partial charge in [0.05, 0.1) is 6.10 Å². The summed E-state index contributed by atoms with van der Waals surface area (Å²) in [5.74, 6) is 2.37. The molecule has 23 heavy (non-hydrogen) atoms. The lowest BCUT2D eigenvalue weighted by Crippen LogP contribution is -2.48. The monoisotopic (exact) mass is 312 g/mol. The van der Waals surface area contributed by atoms with Gasteiger partial charge in [-0.05, 0) is 104 Å². The summed E-state index contributed by atoms with van der Waals surface area (Å²) in [5, 5.41) is 10.1. The van der Waals surface area contributed by atoms with Gasteiger partial charge in [-0.2, -0.15) is 0 Å². The summed E-state index contributed by atoms with van der Waals surface area (Å²) >= 11 is 0. The smallest absolute Gasteiger partial charge is 0.0543 e. The zero-order chi connectivity index (χ0) is 16.2. The number of hydrogen-bond donors (Lipinski definition) is 1. The summed E-state index contributed by atoms with van der Waals surface area (Å²) in [5.41, 5.74) is 6.98. The van der Waals surface area contributed by atoms with Crippen molar-refractivity contribution in [2.24, 2.45) is 17.3 Å². The first-order valence-corrected chi connectivity index (χ1v) is 9.84. The Labute approximate surface area is 141 Å². The molecule has 1 heteroatoms. The zero-order valence-electron chi connectivity index (χ0n) is 15.1. The highest BCUT2D eigenvalue weighted by molar-refractivity contribution is 5.45. The highest BCUT2D eigenvalue weighted by Crippen LogP contribution is 2.61. The largest absolute Gasteiger partial charge is 0.393 e. The highest BCUT2D eigenvalue weighted by Gasteiger charge is 2.51. The van der Waals surface area contributed by atoms with E-state index in [4.69, 9.17) is 0 Å². The molecule has 1 nitrogen and oxygen atoms in total. The first kappa shape index (κ1) is 15.7. The number of aryl methyl sites for hydroxylation is 1. The lowest BCUT2D eigenvalue weighted by Gasteiger charge is -2.56. The number of aliphatic hydroxyl groups excluding tert-OH is 1. The van der Waals surface area contributed by atoms with Crippen LogP contribution in [0.3, 0.4) is 0 Å². The van der Waals surface area contributed by atoms with Gasteiger partial charge in [0.25, 0.3) is 0 Å². The minimum atomic E-state index is -0.0326. The van der Waals surface area contributed by atoms with Crippen LogP contribution in [-0.4, -0.2) is 11.2 Å². The second-order valence-electron chi connectivity index (χ2n) is 8.74. The predicted molar refractivity (Wildman–Crippen MR) is 95.8 cm³/mol. The van der Waals surface area contributed by atoms with Gasteiger partial charge in [-0.1, -0.05) is 26.0 Å². The molecule has 0 aromatic heterocycles. The number of hydrogen-bond acceptors (Lipinski definition) is 1. The van der Waals surface area contributed by atoms with Crippen LogP contribution in [0.5, 0.6) is 0 Å². The molecule has 3 aliphatic rings. The quantitative estimate of drug-likeness (QED) is 0.759. The first-order chi connectivity index (χ1) is 11.0. The van der Waals surface area contributed by atoms with E-state index in [1.54, 1.807) is 16.7 Å². The summed E-state index contributed by atoms with van der Waals surface area (Å²) < 4.78 is 0. The van der Waals surface area contributed by atoms with E-state index in [0.717, 1.165) is 30.6 Å². The lowest BCUT2D eigenvalue weighted by atomic mass is 9.49. The topological polar surface area (TPSA) is 20.2 Å². The van der Waals surface area contributed by atoms with Gasteiger partial charge < -0.3 is 5.11 Å². The van der Waals surface area contributed by atoms with Gasteiger partial charge in [-0.15, -0.1) is 0 Å². The van der Waals surface area contributed by atoms with Crippen LogP contribution in [0.4, 0.5) is 0 Å². The van der Waals surface area contributed by atoms with Gasteiger partial charge in [0.1, 0.15) is 0 Å². The molecule has 0 aliphatic heterocycles. The van der Waals surface area contributed by atoms with Crippen molar-refractivity contribution in [2.45, 2.75) is 84.2 Å². The van der Waals surface area contributed by atoms with E-state index >= 15 is 0 Å². The fourth-order valence-electron chi connectivity index (χ4n) is 6.54. The van der Waals surface area contributed by atoms with Crippen LogP contribution in [0.2, 0.25) is 0 Å². The Morgan fingerprint density at radius 3 is 2.78 bits per heavy atom. The molecule has 0 saturated heterocycles. The summed E-state index contributed by atoms with van der Waals surface area (Å²) in [6.45, 7) is 7.15. The Bertz CT molecular complexity index is 604. The van der Waals surface area contributed by atoms with Gasteiger partial charge in [0.2, 0.25) is 0 Å². The lowest BCUT2D eigenvalue weighted by molar-refractivity contribution is -0.0606. The molecular formula is C22H32O. The van der Waals surface area contributed by atoms with Crippen molar-refractivity contribution in [1.29, 1.82) is 0 Å².